The minimum atomic E-state index is -0.487. The van der Waals surface area contributed by atoms with Crippen molar-refractivity contribution in [2.24, 2.45) is 5.73 Å². The Morgan fingerprint density at radius 1 is 1.59 bits per heavy atom. The van der Waals surface area contributed by atoms with Crippen molar-refractivity contribution in [2.45, 2.75) is 44.3 Å². The van der Waals surface area contributed by atoms with E-state index in [1.165, 1.54) is 6.07 Å². The van der Waals surface area contributed by atoms with Crippen LogP contribution in [-0.4, -0.2) is 36.5 Å². The number of carbonyl (C=O) groups excluding carboxylic acids is 1. The van der Waals surface area contributed by atoms with Gasteiger partial charge < -0.3 is 11.1 Å². The van der Waals surface area contributed by atoms with E-state index in [4.69, 9.17) is 17.3 Å². The highest BCUT2D eigenvalue weighted by Crippen LogP contribution is 2.32. The Hall–Kier alpha value is -1.17. The molecule has 0 spiro atoms. The molecule has 3 atom stereocenters. The topological polar surface area (TPSA) is 58.4 Å². The van der Waals surface area contributed by atoms with Gasteiger partial charge in [0.2, 0.25) is 5.91 Å². The monoisotopic (exact) mass is 327 g/mol. The standard InChI is InChI=1S/C16H23ClFN3O/c1-3-4-13(19)16(22)20-14-7-8-21(2)15(14)10-5-6-11(17)12(18)9-10/h5-6,9,13-15H,3-4,7-8,19H2,1-2H3,(H,20,22). The maximum atomic E-state index is 13.7. The number of rotatable bonds is 5. The zero-order chi connectivity index (χ0) is 16.3. The van der Waals surface area contributed by atoms with Crippen LogP contribution in [0.3, 0.4) is 0 Å². The van der Waals surface area contributed by atoms with Crippen molar-refractivity contribution in [1.29, 1.82) is 0 Å². The first kappa shape index (κ1) is 17.2. The van der Waals surface area contributed by atoms with Gasteiger partial charge in [-0.15, -0.1) is 0 Å². The molecule has 1 fully saturated rings. The third-order valence-electron chi connectivity index (χ3n) is 4.20. The van der Waals surface area contributed by atoms with E-state index in [0.29, 0.717) is 6.42 Å². The number of nitrogens with zero attached hydrogens (tertiary/aromatic N) is 1. The third-order valence-corrected chi connectivity index (χ3v) is 4.50. The number of carbonyl (C=O) groups is 1. The van der Waals surface area contributed by atoms with E-state index in [-0.39, 0.29) is 23.0 Å². The largest absolute Gasteiger partial charge is 0.350 e. The molecule has 1 heterocycles. The highest BCUT2D eigenvalue weighted by Gasteiger charge is 2.35. The molecule has 122 valence electrons. The molecule has 22 heavy (non-hydrogen) atoms. The van der Waals surface area contributed by atoms with Crippen molar-refractivity contribution in [3.63, 3.8) is 0 Å². The molecule has 3 unspecified atom stereocenters. The van der Waals surface area contributed by atoms with E-state index in [2.05, 4.69) is 10.2 Å². The average Bonchev–Trinajstić information content (AvgIpc) is 2.83. The first-order valence-corrected chi connectivity index (χ1v) is 8.03. The molecular formula is C16H23ClFN3O. The molecule has 1 saturated heterocycles. The summed E-state index contributed by atoms with van der Waals surface area (Å²) in [4.78, 5) is 14.3. The van der Waals surface area contributed by atoms with Gasteiger partial charge in [0, 0.05) is 12.6 Å². The molecule has 2 rings (SSSR count). The Balaban J connectivity index is 2.14. The van der Waals surface area contributed by atoms with E-state index in [0.717, 1.165) is 24.9 Å². The maximum Gasteiger partial charge on any atom is 0.237 e. The molecule has 1 amide bonds. The van der Waals surface area contributed by atoms with Gasteiger partial charge in [-0.1, -0.05) is 31.0 Å². The lowest BCUT2D eigenvalue weighted by molar-refractivity contribution is -0.123. The number of benzene rings is 1. The maximum absolute atomic E-state index is 13.7. The van der Waals surface area contributed by atoms with Crippen LogP contribution in [0.15, 0.2) is 18.2 Å². The molecule has 1 aliphatic rings. The summed E-state index contributed by atoms with van der Waals surface area (Å²) in [5.74, 6) is -0.575. The molecule has 4 nitrogen and oxygen atoms in total. The Morgan fingerprint density at radius 3 is 2.95 bits per heavy atom. The highest BCUT2D eigenvalue weighted by molar-refractivity contribution is 6.30. The Kier molecular flexibility index (Phi) is 5.78. The molecule has 1 aliphatic heterocycles. The van der Waals surface area contributed by atoms with Gasteiger partial charge in [-0.2, -0.15) is 0 Å². The first-order valence-electron chi connectivity index (χ1n) is 7.65. The lowest BCUT2D eigenvalue weighted by Crippen LogP contribution is -2.47. The van der Waals surface area contributed by atoms with E-state index in [9.17, 15) is 9.18 Å². The van der Waals surface area contributed by atoms with Gasteiger partial charge in [0.15, 0.2) is 0 Å². The Morgan fingerprint density at radius 2 is 2.32 bits per heavy atom. The fourth-order valence-electron chi connectivity index (χ4n) is 3.01. The number of nitrogens with one attached hydrogen (secondary N) is 1. The number of amides is 1. The molecular weight excluding hydrogens is 305 g/mol. The summed E-state index contributed by atoms with van der Waals surface area (Å²) in [6, 6.07) is 4.19. The van der Waals surface area contributed by atoms with Crippen LogP contribution in [0.2, 0.25) is 5.02 Å². The lowest BCUT2D eigenvalue weighted by atomic mass is 9.99. The zero-order valence-corrected chi connectivity index (χ0v) is 13.7. The quantitative estimate of drug-likeness (QED) is 0.873. The van der Waals surface area contributed by atoms with Crippen molar-refractivity contribution in [1.82, 2.24) is 10.2 Å². The number of halogens is 2. The first-order chi connectivity index (χ1) is 10.4. The average molecular weight is 328 g/mol. The van der Waals surface area contributed by atoms with E-state index < -0.39 is 11.9 Å². The molecule has 0 aromatic heterocycles. The predicted octanol–water partition coefficient (Wildman–Crippen LogP) is 2.47. The Labute approximate surface area is 135 Å². The third kappa shape index (κ3) is 3.77. The molecule has 0 saturated carbocycles. The van der Waals surface area contributed by atoms with Crippen LogP contribution >= 0.6 is 11.6 Å². The highest BCUT2D eigenvalue weighted by atomic mass is 35.5. The van der Waals surface area contributed by atoms with Gasteiger partial charge in [-0.05, 0) is 37.6 Å². The summed E-state index contributed by atoms with van der Waals surface area (Å²) in [6.07, 6.45) is 2.34. The van der Waals surface area contributed by atoms with Crippen LogP contribution in [0.4, 0.5) is 4.39 Å². The van der Waals surface area contributed by atoms with Crippen molar-refractivity contribution < 1.29 is 9.18 Å². The number of likely N-dealkylation sites (tertiary alicyclic amines) is 1. The summed E-state index contributed by atoms with van der Waals surface area (Å²) < 4.78 is 13.7. The normalized spacial score (nSPS) is 23.5. The summed E-state index contributed by atoms with van der Waals surface area (Å²) in [5, 5.41) is 3.12. The second-order valence-electron chi connectivity index (χ2n) is 5.90. The fourth-order valence-corrected chi connectivity index (χ4v) is 3.13. The van der Waals surface area contributed by atoms with Crippen LogP contribution in [0.1, 0.15) is 37.8 Å². The van der Waals surface area contributed by atoms with Gasteiger partial charge in [0.1, 0.15) is 5.82 Å². The molecule has 6 heteroatoms. The molecule has 0 radical (unpaired) electrons. The molecule has 0 aliphatic carbocycles. The van der Waals surface area contributed by atoms with Gasteiger partial charge in [0.25, 0.3) is 0 Å². The summed E-state index contributed by atoms with van der Waals surface area (Å²) in [6.45, 7) is 2.83. The minimum absolute atomic E-state index is 0.0652. The summed E-state index contributed by atoms with van der Waals surface area (Å²) in [7, 11) is 1.97. The van der Waals surface area contributed by atoms with Crippen molar-refractivity contribution in [2.75, 3.05) is 13.6 Å². The van der Waals surface area contributed by atoms with E-state index in [1.54, 1.807) is 6.07 Å². The van der Waals surface area contributed by atoms with Crippen molar-refractivity contribution in [3.05, 3.63) is 34.6 Å². The van der Waals surface area contributed by atoms with Crippen LogP contribution in [0, 0.1) is 5.82 Å². The SMILES string of the molecule is CCCC(N)C(=O)NC1CCN(C)C1c1ccc(Cl)c(F)c1. The fraction of sp³-hybridized carbons (Fsp3) is 0.562. The second kappa shape index (κ2) is 7.40. The van der Waals surface area contributed by atoms with Crippen LogP contribution in [0.5, 0.6) is 0 Å². The molecule has 1 aromatic carbocycles. The molecule has 3 N–H and O–H groups in total. The van der Waals surface area contributed by atoms with Crippen molar-refractivity contribution in [3.8, 4) is 0 Å². The van der Waals surface area contributed by atoms with Gasteiger partial charge in [-0.25, -0.2) is 4.39 Å². The molecule has 0 bridgehead atoms. The van der Waals surface area contributed by atoms with Gasteiger partial charge >= 0.3 is 0 Å². The minimum Gasteiger partial charge on any atom is -0.350 e. The molecule has 1 aromatic rings. The van der Waals surface area contributed by atoms with Crippen molar-refractivity contribution >= 4 is 17.5 Å². The van der Waals surface area contributed by atoms with Gasteiger partial charge in [0.05, 0.1) is 17.1 Å². The Bertz CT molecular complexity index is 540. The zero-order valence-electron chi connectivity index (χ0n) is 13.0. The number of likely N-dealkylation sites (N-methyl/N-ethyl adjacent to an activating group) is 1. The summed E-state index contributed by atoms with van der Waals surface area (Å²) in [5.41, 5.74) is 6.68. The van der Waals surface area contributed by atoms with Gasteiger partial charge in [-0.3, -0.25) is 9.69 Å². The van der Waals surface area contributed by atoms with E-state index >= 15 is 0 Å². The number of hydrogen-bond acceptors (Lipinski definition) is 3. The van der Waals surface area contributed by atoms with Crippen LogP contribution in [-0.2, 0) is 4.79 Å². The number of nitrogens with two attached hydrogens (primary N) is 1. The predicted molar refractivity (Wildman–Crippen MR) is 86.2 cm³/mol. The van der Waals surface area contributed by atoms with Crippen LogP contribution < -0.4 is 11.1 Å². The summed E-state index contributed by atoms with van der Waals surface area (Å²) >= 11 is 5.75. The van der Waals surface area contributed by atoms with Crippen LogP contribution in [0.25, 0.3) is 0 Å². The smallest absolute Gasteiger partial charge is 0.237 e. The lowest BCUT2D eigenvalue weighted by Gasteiger charge is -2.27. The number of hydrogen-bond donors (Lipinski definition) is 2. The second-order valence-corrected chi connectivity index (χ2v) is 6.31. The van der Waals surface area contributed by atoms with E-state index in [1.807, 2.05) is 20.0 Å².